The van der Waals surface area contributed by atoms with Crippen LogP contribution in [-0.2, 0) is 0 Å². The van der Waals surface area contributed by atoms with E-state index >= 15 is 0 Å². The molecule has 0 unspecified atom stereocenters. The van der Waals surface area contributed by atoms with Crippen molar-refractivity contribution in [1.29, 1.82) is 0 Å². The Labute approximate surface area is 188 Å². The molecule has 0 aliphatic carbocycles. The summed E-state index contributed by atoms with van der Waals surface area (Å²) in [5.74, 6) is -2.52. The van der Waals surface area contributed by atoms with E-state index in [0.717, 1.165) is 18.2 Å². The lowest BCUT2D eigenvalue weighted by molar-refractivity contribution is -0.387. The number of nitro benzene ring substituents is 2. The molecule has 0 bridgehead atoms. The van der Waals surface area contributed by atoms with Crippen molar-refractivity contribution in [3.63, 3.8) is 0 Å². The number of hydrogen-bond acceptors (Lipinski definition) is 8. The third-order valence-electron chi connectivity index (χ3n) is 3.47. The number of halogens is 3. The fourth-order valence-electron chi connectivity index (χ4n) is 1.74. The van der Waals surface area contributed by atoms with Crippen molar-refractivity contribution in [2.24, 2.45) is 5.73 Å². The van der Waals surface area contributed by atoms with E-state index in [1.165, 1.54) is 6.07 Å². The second kappa shape index (κ2) is 12.7. The van der Waals surface area contributed by atoms with Crippen molar-refractivity contribution < 1.29 is 33.2 Å². The summed E-state index contributed by atoms with van der Waals surface area (Å²) in [6.07, 6.45) is 0. The summed E-state index contributed by atoms with van der Waals surface area (Å²) < 4.78 is 37.4. The Bertz CT molecular complexity index is 946. The van der Waals surface area contributed by atoms with Crippen molar-refractivity contribution >= 4 is 17.1 Å². The second-order valence-electron chi connectivity index (χ2n) is 7.95. The highest BCUT2D eigenvalue weighted by Gasteiger charge is 2.18. The van der Waals surface area contributed by atoms with Crippen LogP contribution in [0.15, 0.2) is 36.4 Å². The Balaban J connectivity index is 0.000000520. The van der Waals surface area contributed by atoms with Crippen molar-refractivity contribution in [2.45, 2.75) is 38.9 Å². The van der Waals surface area contributed by atoms with Gasteiger partial charge in [-0.05, 0) is 52.0 Å². The minimum atomic E-state index is -1.03. The first kappa shape index (κ1) is 29.7. The summed E-state index contributed by atoms with van der Waals surface area (Å²) in [6, 6.07) is 5.32. The molecule has 0 radical (unpaired) electrons. The second-order valence-corrected chi connectivity index (χ2v) is 7.95. The highest BCUT2D eigenvalue weighted by molar-refractivity contribution is 5.61. The minimum Gasteiger partial charge on any atom is -0.389 e. The van der Waals surface area contributed by atoms with Gasteiger partial charge in [0.05, 0.1) is 33.2 Å². The first-order chi connectivity index (χ1) is 15.0. The molecule has 2 rings (SSSR count). The van der Waals surface area contributed by atoms with Gasteiger partial charge in [0.2, 0.25) is 5.82 Å². The molecule has 0 heterocycles. The number of benzene rings is 2. The monoisotopic (exact) mass is 476 g/mol. The molecule has 0 atom stereocenters. The molecule has 0 aromatic heterocycles. The van der Waals surface area contributed by atoms with Gasteiger partial charge in [-0.25, -0.2) is 8.78 Å². The number of nitrogens with one attached hydrogen (secondary N) is 1. The van der Waals surface area contributed by atoms with E-state index in [2.05, 4.69) is 5.32 Å². The summed E-state index contributed by atoms with van der Waals surface area (Å²) in [6.45, 7) is 6.94. The highest BCUT2D eigenvalue weighted by atomic mass is 19.1. The number of nitrogens with zero attached hydrogens (tertiary/aromatic N) is 2. The van der Waals surface area contributed by atoms with Crippen molar-refractivity contribution in [3.05, 3.63) is 74.1 Å². The lowest BCUT2D eigenvalue weighted by Crippen LogP contribution is -2.29. The van der Waals surface area contributed by atoms with E-state index in [9.17, 15) is 38.5 Å². The number of rotatable bonds is 6. The third-order valence-corrected chi connectivity index (χ3v) is 3.47. The van der Waals surface area contributed by atoms with Gasteiger partial charge in [0.15, 0.2) is 0 Å². The van der Waals surface area contributed by atoms with E-state index in [1.54, 1.807) is 27.7 Å². The molecule has 0 amide bonds. The molecule has 2 aromatic carbocycles. The summed E-state index contributed by atoms with van der Waals surface area (Å²) >= 11 is 0. The Morgan fingerprint density at radius 1 is 0.879 bits per heavy atom. The predicted octanol–water partition coefficient (Wildman–Crippen LogP) is 3.51. The minimum absolute atomic E-state index is 0.138. The predicted molar refractivity (Wildman–Crippen MR) is 116 cm³/mol. The normalized spacial score (nSPS) is 10.8. The first-order valence-corrected chi connectivity index (χ1v) is 9.39. The van der Waals surface area contributed by atoms with Crippen LogP contribution in [0.25, 0.3) is 0 Å². The van der Waals surface area contributed by atoms with Crippen molar-refractivity contribution in [1.82, 2.24) is 0 Å². The Kier molecular flexibility index (Phi) is 11.4. The number of hydrogen-bond donors (Lipinski definition) is 4. The van der Waals surface area contributed by atoms with Gasteiger partial charge in [0, 0.05) is 13.1 Å². The largest absolute Gasteiger partial charge is 0.389 e. The topological polar surface area (TPSA) is 165 Å². The van der Waals surface area contributed by atoms with Gasteiger partial charge < -0.3 is 21.3 Å². The summed E-state index contributed by atoms with van der Waals surface area (Å²) in [5, 5.41) is 41.5. The maximum atomic E-state index is 12.8. The molecular weight excluding hydrogens is 449 g/mol. The van der Waals surface area contributed by atoms with Gasteiger partial charge >= 0.3 is 5.69 Å². The molecule has 0 saturated carbocycles. The molecule has 5 N–H and O–H groups in total. The molecule has 2 aromatic rings. The number of nitrogens with two attached hydrogens (primary N) is 1. The van der Waals surface area contributed by atoms with Crippen LogP contribution in [0.1, 0.15) is 27.7 Å². The quantitative estimate of drug-likeness (QED) is 0.363. The van der Waals surface area contributed by atoms with E-state index < -0.39 is 44.2 Å². The maximum Gasteiger partial charge on any atom is 0.307 e. The van der Waals surface area contributed by atoms with E-state index in [-0.39, 0.29) is 17.9 Å². The highest BCUT2D eigenvalue weighted by Crippen LogP contribution is 2.25. The van der Waals surface area contributed by atoms with E-state index in [1.807, 2.05) is 0 Å². The van der Waals surface area contributed by atoms with Crippen LogP contribution in [0.5, 0.6) is 0 Å². The Morgan fingerprint density at radius 3 is 1.67 bits per heavy atom. The fraction of sp³-hybridized carbons (Fsp3) is 0.400. The molecule has 0 saturated heterocycles. The summed E-state index contributed by atoms with van der Waals surface area (Å²) in [4.78, 5) is 19.0. The lowest BCUT2D eigenvalue weighted by Gasteiger charge is -2.18. The third kappa shape index (κ3) is 13.0. The smallest absolute Gasteiger partial charge is 0.307 e. The standard InChI is InChI=1S/C10H13FN2O3.C6H3F2NO2.C4H11NO/c1-10(2,14)6-12-8-4-3-7(11)5-9(8)13(15)16;7-4-1-2-5(8)6(3-4)9(10)11;1-4(2,6)3-5/h3-5,12,14H,6H2,1-2H3;1-3H;6H,3,5H2,1-2H3. The van der Waals surface area contributed by atoms with Crippen LogP contribution >= 0.6 is 0 Å². The van der Waals surface area contributed by atoms with Crippen LogP contribution < -0.4 is 11.1 Å². The van der Waals surface area contributed by atoms with Crippen LogP contribution in [-0.4, -0.2) is 44.4 Å². The van der Waals surface area contributed by atoms with E-state index in [4.69, 9.17) is 10.8 Å². The zero-order chi connectivity index (χ0) is 26.0. The molecule has 0 spiro atoms. The van der Waals surface area contributed by atoms with E-state index in [0.29, 0.717) is 18.7 Å². The van der Waals surface area contributed by atoms with Crippen LogP contribution in [0.2, 0.25) is 0 Å². The molecular formula is C20H27F3N4O6. The van der Waals surface area contributed by atoms with Gasteiger partial charge in [0.1, 0.15) is 17.3 Å². The SMILES string of the molecule is CC(C)(O)CN.CC(C)(O)CNc1ccc(F)cc1[N+](=O)[O-].O=[N+]([O-])c1cc(F)ccc1F. The number of anilines is 1. The average molecular weight is 476 g/mol. The Morgan fingerprint density at radius 2 is 1.30 bits per heavy atom. The summed E-state index contributed by atoms with van der Waals surface area (Å²) in [5.41, 5.74) is 2.38. The Hall–Kier alpha value is -3.29. The zero-order valence-corrected chi connectivity index (χ0v) is 18.5. The maximum absolute atomic E-state index is 12.8. The molecule has 10 nitrogen and oxygen atoms in total. The molecule has 33 heavy (non-hydrogen) atoms. The average Bonchev–Trinajstić information content (AvgIpc) is 2.68. The molecule has 0 aliphatic rings. The van der Waals surface area contributed by atoms with Crippen molar-refractivity contribution in [3.8, 4) is 0 Å². The summed E-state index contributed by atoms with van der Waals surface area (Å²) in [7, 11) is 0. The van der Waals surface area contributed by atoms with Crippen LogP contribution in [0.4, 0.5) is 30.2 Å². The molecule has 184 valence electrons. The van der Waals surface area contributed by atoms with Gasteiger partial charge in [0.25, 0.3) is 5.69 Å². The van der Waals surface area contributed by atoms with Crippen LogP contribution in [0.3, 0.4) is 0 Å². The van der Waals surface area contributed by atoms with Gasteiger partial charge in [-0.2, -0.15) is 4.39 Å². The van der Waals surface area contributed by atoms with Crippen LogP contribution in [0, 0.1) is 37.7 Å². The zero-order valence-electron chi connectivity index (χ0n) is 18.5. The molecule has 0 fully saturated rings. The van der Waals surface area contributed by atoms with Gasteiger partial charge in [-0.3, -0.25) is 20.2 Å². The fourth-order valence-corrected chi connectivity index (χ4v) is 1.74. The number of aliphatic hydroxyl groups is 2. The molecule has 13 heteroatoms. The molecule has 0 aliphatic heterocycles. The van der Waals surface area contributed by atoms with Gasteiger partial charge in [-0.1, -0.05) is 0 Å². The van der Waals surface area contributed by atoms with Crippen molar-refractivity contribution in [2.75, 3.05) is 18.4 Å². The first-order valence-electron chi connectivity index (χ1n) is 9.39. The van der Waals surface area contributed by atoms with Gasteiger partial charge in [-0.15, -0.1) is 0 Å². The number of nitro groups is 2. The lowest BCUT2D eigenvalue weighted by atomic mass is 10.1.